The summed E-state index contributed by atoms with van der Waals surface area (Å²) in [6.07, 6.45) is 1.06. The maximum Gasteiger partial charge on any atom is 0.286 e. The van der Waals surface area contributed by atoms with Crippen molar-refractivity contribution in [2.45, 2.75) is 6.54 Å². The van der Waals surface area contributed by atoms with Crippen LogP contribution in [0.25, 0.3) is 21.2 Å². The highest BCUT2D eigenvalue weighted by Crippen LogP contribution is 2.22. The van der Waals surface area contributed by atoms with E-state index in [4.69, 9.17) is 9.15 Å². The third-order valence-electron chi connectivity index (χ3n) is 4.32. The van der Waals surface area contributed by atoms with Gasteiger partial charge in [0.2, 0.25) is 5.43 Å². The van der Waals surface area contributed by atoms with E-state index in [0.29, 0.717) is 5.58 Å². The van der Waals surface area contributed by atoms with Crippen molar-refractivity contribution in [3.63, 3.8) is 0 Å². The van der Waals surface area contributed by atoms with Gasteiger partial charge in [-0.2, -0.15) is 4.99 Å². The number of ether oxygens (including phenoxy) is 1. The standard InChI is InChI=1S/C20H14F2N2O4S/c1-27-7-6-24-17-14(22)8-11(21)9-16(17)29-20(24)23-19(26)13-10-28-15-5-3-2-4-12(15)18(13)25/h2-5,8-10H,6-7H2,1H3. The Balaban J connectivity index is 1.90. The van der Waals surface area contributed by atoms with E-state index in [9.17, 15) is 18.4 Å². The fourth-order valence-electron chi connectivity index (χ4n) is 2.98. The van der Waals surface area contributed by atoms with Crippen LogP contribution in [0.3, 0.4) is 0 Å². The molecule has 0 saturated heterocycles. The average Bonchev–Trinajstić information content (AvgIpc) is 3.03. The summed E-state index contributed by atoms with van der Waals surface area (Å²) in [6.45, 7) is 0.416. The molecule has 0 bridgehead atoms. The van der Waals surface area contributed by atoms with Crippen LogP contribution in [0, 0.1) is 11.6 Å². The first-order valence-electron chi connectivity index (χ1n) is 8.56. The Morgan fingerprint density at radius 3 is 2.86 bits per heavy atom. The summed E-state index contributed by atoms with van der Waals surface area (Å²) < 4.78 is 40.1. The zero-order valence-electron chi connectivity index (χ0n) is 15.1. The van der Waals surface area contributed by atoms with Gasteiger partial charge in [0.25, 0.3) is 5.91 Å². The number of amides is 1. The van der Waals surface area contributed by atoms with E-state index in [1.54, 1.807) is 24.3 Å². The van der Waals surface area contributed by atoms with Crippen LogP contribution in [0.2, 0.25) is 0 Å². The molecule has 0 fully saturated rings. The first-order chi connectivity index (χ1) is 14.0. The Morgan fingerprint density at radius 1 is 1.28 bits per heavy atom. The summed E-state index contributed by atoms with van der Waals surface area (Å²) >= 11 is 0.942. The van der Waals surface area contributed by atoms with Gasteiger partial charge in [-0.25, -0.2) is 8.78 Å². The van der Waals surface area contributed by atoms with Crippen LogP contribution in [-0.4, -0.2) is 24.2 Å². The van der Waals surface area contributed by atoms with Crippen molar-refractivity contribution in [1.82, 2.24) is 4.57 Å². The van der Waals surface area contributed by atoms with E-state index in [1.165, 1.54) is 17.7 Å². The minimum atomic E-state index is -0.830. The van der Waals surface area contributed by atoms with E-state index < -0.39 is 23.0 Å². The topological polar surface area (TPSA) is 73.8 Å². The lowest BCUT2D eigenvalue weighted by Crippen LogP contribution is -2.21. The molecule has 0 aliphatic carbocycles. The smallest absolute Gasteiger partial charge is 0.286 e. The first-order valence-corrected chi connectivity index (χ1v) is 9.38. The molecule has 0 aliphatic rings. The van der Waals surface area contributed by atoms with Crippen molar-refractivity contribution in [2.75, 3.05) is 13.7 Å². The van der Waals surface area contributed by atoms with Gasteiger partial charge in [-0.1, -0.05) is 23.5 Å². The number of fused-ring (bicyclic) bond motifs is 2. The van der Waals surface area contributed by atoms with Crippen LogP contribution in [0.4, 0.5) is 8.78 Å². The second-order valence-corrected chi connectivity index (χ2v) is 7.16. The number of thiazole rings is 1. The van der Waals surface area contributed by atoms with Crippen LogP contribution in [0.1, 0.15) is 10.4 Å². The summed E-state index contributed by atoms with van der Waals surface area (Å²) in [4.78, 5) is 29.4. The molecule has 0 atom stereocenters. The largest absolute Gasteiger partial charge is 0.463 e. The fraction of sp³-hybridized carbons (Fsp3) is 0.150. The number of nitrogens with zero attached hydrogens (tertiary/aromatic N) is 2. The monoisotopic (exact) mass is 416 g/mol. The summed E-state index contributed by atoms with van der Waals surface area (Å²) in [5.74, 6) is -2.34. The second-order valence-electron chi connectivity index (χ2n) is 6.16. The third-order valence-corrected chi connectivity index (χ3v) is 5.35. The van der Waals surface area contributed by atoms with Gasteiger partial charge in [-0.15, -0.1) is 0 Å². The predicted molar refractivity (Wildman–Crippen MR) is 104 cm³/mol. The van der Waals surface area contributed by atoms with Gasteiger partial charge >= 0.3 is 0 Å². The highest BCUT2D eigenvalue weighted by Gasteiger charge is 2.17. The van der Waals surface area contributed by atoms with Crippen LogP contribution in [-0.2, 0) is 11.3 Å². The Bertz CT molecular complexity index is 1370. The minimum Gasteiger partial charge on any atom is -0.463 e. The normalized spacial score (nSPS) is 12.2. The molecule has 0 spiro atoms. The first kappa shape index (κ1) is 19.2. The van der Waals surface area contributed by atoms with Crippen molar-refractivity contribution in [1.29, 1.82) is 0 Å². The molecule has 6 nitrogen and oxygen atoms in total. The lowest BCUT2D eigenvalue weighted by Gasteiger charge is -2.05. The lowest BCUT2D eigenvalue weighted by atomic mass is 10.2. The van der Waals surface area contributed by atoms with Gasteiger partial charge in [0.1, 0.15) is 23.2 Å². The Kier molecular flexibility index (Phi) is 5.08. The fourth-order valence-corrected chi connectivity index (χ4v) is 4.07. The molecule has 2 aromatic carbocycles. The van der Waals surface area contributed by atoms with E-state index >= 15 is 0 Å². The van der Waals surface area contributed by atoms with Crippen LogP contribution in [0.15, 0.2) is 56.9 Å². The average molecular weight is 416 g/mol. The van der Waals surface area contributed by atoms with Crippen molar-refractivity contribution in [3.8, 4) is 0 Å². The summed E-state index contributed by atoms with van der Waals surface area (Å²) in [5, 5.41) is 0.255. The third kappa shape index (κ3) is 3.50. The summed E-state index contributed by atoms with van der Waals surface area (Å²) in [6, 6.07) is 8.47. The van der Waals surface area contributed by atoms with Gasteiger partial charge in [0.05, 0.1) is 22.2 Å². The number of para-hydroxylation sites is 1. The molecule has 2 heterocycles. The highest BCUT2D eigenvalue weighted by atomic mass is 32.1. The molecule has 2 aromatic heterocycles. The predicted octanol–water partition coefficient (Wildman–Crippen LogP) is 3.47. The number of hydrogen-bond acceptors (Lipinski definition) is 5. The number of aromatic nitrogens is 1. The maximum absolute atomic E-state index is 14.4. The molecule has 0 N–H and O–H groups in total. The zero-order chi connectivity index (χ0) is 20.5. The van der Waals surface area contributed by atoms with Crippen LogP contribution in [0.5, 0.6) is 0 Å². The summed E-state index contributed by atoms with van der Waals surface area (Å²) in [7, 11) is 1.48. The molecular formula is C20H14F2N2O4S. The quantitative estimate of drug-likeness (QED) is 0.511. The number of methoxy groups -OCH3 is 1. The van der Waals surface area contributed by atoms with Crippen molar-refractivity contribution in [3.05, 3.63) is 74.9 Å². The van der Waals surface area contributed by atoms with Gasteiger partial charge < -0.3 is 13.7 Å². The SMILES string of the molecule is COCCn1c(=NC(=O)c2coc3ccccc3c2=O)sc2cc(F)cc(F)c21. The van der Waals surface area contributed by atoms with Crippen LogP contribution < -0.4 is 10.2 Å². The summed E-state index contributed by atoms with van der Waals surface area (Å²) in [5.41, 5.74) is -0.289. The number of carbonyl (C=O) groups is 1. The van der Waals surface area contributed by atoms with Gasteiger partial charge in [0, 0.05) is 19.7 Å². The number of rotatable bonds is 4. The molecule has 4 aromatic rings. The molecule has 148 valence electrons. The molecule has 0 radical (unpaired) electrons. The van der Waals surface area contributed by atoms with Crippen molar-refractivity contribution < 1.29 is 22.7 Å². The minimum absolute atomic E-state index is 0.116. The molecule has 1 amide bonds. The maximum atomic E-state index is 14.4. The molecule has 4 rings (SSSR count). The van der Waals surface area contributed by atoms with Crippen molar-refractivity contribution >= 4 is 38.4 Å². The van der Waals surface area contributed by atoms with Crippen LogP contribution >= 0.6 is 11.3 Å². The number of carbonyl (C=O) groups excluding carboxylic acids is 1. The van der Waals surface area contributed by atoms with E-state index in [-0.39, 0.29) is 39.1 Å². The van der Waals surface area contributed by atoms with Gasteiger partial charge in [-0.05, 0) is 18.2 Å². The Labute approximate surface area is 166 Å². The number of hydrogen-bond donors (Lipinski definition) is 0. The van der Waals surface area contributed by atoms with Gasteiger partial charge in [-0.3, -0.25) is 9.59 Å². The Morgan fingerprint density at radius 2 is 2.07 bits per heavy atom. The second kappa shape index (κ2) is 7.69. The van der Waals surface area contributed by atoms with E-state index in [2.05, 4.69) is 4.99 Å². The zero-order valence-corrected chi connectivity index (χ0v) is 16.0. The molecule has 29 heavy (non-hydrogen) atoms. The molecular weight excluding hydrogens is 402 g/mol. The lowest BCUT2D eigenvalue weighted by molar-refractivity contribution is 0.0994. The number of halogens is 2. The molecule has 0 aliphatic heterocycles. The number of benzene rings is 2. The van der Waals surface area contributed by atoms with E-state index in [0.717, 1.165) is 23.7 Å². The molecule has 9 heteroatoms. The molecule has 0 saturated carbocycles. The molecule has 0 unspecified atom stereocenters. The van der Waals surface area contributed by atoms with E-state index in [1.807, 2.05) is 0 Å². The van der Waals surface area contributed by atoms with Crippen molar-refractivity contribution in [2.24, 2.45) is 4.99 Å². The highest BCUT2D eigenvalue weighted by molar-refractivity contribution is 7.16. The Hall–Kier alpha value is -3.17. The van der Waals surface area contributed by atoms with Gasteiger partial charge in [0.15, 0.2) is 10.6 Å².